The van der Waals surface area contributed by atoms with E-state index in [4.69, 9.17) is 13.9 Å². The Hall–Kier alpha value is -1.25. The SMILES string of the molecule is CCCCCCCCCC[C@@H](O[Si](C)(C)C(C)(C)C)[C@H]1O[C@H](COCc2ccccc2)C[C@@H]1[Si](C)(C)c1ccccc1. The number of hydrogen-bond acceptors (Lipinski definition) is 3. The van der Waals surface area contributed by atoms with Gasteiger partial charge in [-0.1, -0.05) is 158 Å². The van der Waals surface area contributed by atoms with Crippen LogP contribution in [0.15, 0.2) is 60.7 Å². The van der Waals surface area contributed by atoms with Crippen molar-refractivity contribution >= 4 is 21.6 Å². The highest BCUT2D eigenvalue weighted by atomic mass is 28.4. The Morgan fingerprint density at radius 3 is 1.98 bits per heavy atom. The van der Waals surface area contributed by atoms with Crippen molar-refractivity contribution in [1.82, 2.24) is 0 Å². The zero-order chi connectivity index (χ0) is 30.6. The van der Waals surface area contributed by atoms with Crippen LogP contribution < -0.4 is 5.19 Å². The van der Waals surface area contributed by atoms with Gasteiger partial charge in [-0.25, -0.2) is 0 Å². The first-order chi connectivity index (χ1) is 20.0. The first-order valence-corrected chi connectivity index (χ1v) is 22.9. The molecule has 2 aromatic carbocycles. The molecule has 1 aliphatic heterocycles. The lowest BCUT2D eigenvalue weighted by Crippen LogP contribution is -2.53. The molecule has 0 unspecified atom stereocenters. The Morgan fingerprint density at radius 1 is 0.810 bits per heavy atom. The van der Waals surface area contributed by atoms with E-state index in [1.807, 2.05) is 0 Å². The van der Waals surface area contributed by atoms with Crippen molar-refractivity contribution < 1.29 is 13.9 Å². The van der Waals surface area contributed by atoms with Gasteiger partial charge in [-0.05, 0) is 42.1 Å². The Labute approximate surface area is 261 Å². The third-order valence-electron chi connectivity index (χ3n) is 10.1. The summed E-state index contributed by atoms with van der Waals surface area (Å²) in [6.07, 6.45) is 13.2. The molecule has 0 saturated carbocycles. The molecule has 1 saturated heterocycles. The minimum atomic E-state index is -1.98. The molecule has 0 N–H and O–H groups in total. The van der Waals surface area contributed by atoms with E-state index in [9.17, 15) is 0 Å². The average Bonchev–Trinajstić information content (AvgIpc) is 3.39. The lowest BCUT2D eigenvalue weighted by atomic mass is 10.0. The van der Waals surface area contributed by atoms with E-state index in [1.165, 1.54) is 62.1 Å². The van der Waals surface area contributed by atoms with Crippen LogP contribution in [0.2, 0.25) is 36.8 Å². The predicted molar refractivity (Wildman–Crippen MR) is 186 cm³/mol. The molecule has 0 bridgehead atoms. The van der Waals surface area contributed by atoms with Gasteiger partial charge in [-0.2, -0.15) is 0 Å². The highest BCUT2D eigenvalue weighted by molar-refractivity contribution is 6.91. The molecule has 0 spiro atoms. The van der Waals surface area contributed by atoms with Crippen LogP contribution in [-0.4, -0.2) is 41.3 Å². The molecule has 1 aliphatic rings. The van der Waals surface area contributed by atoms with Gasteiger partial charge in [-0.15, -0.1) is 0 Å². The molecule has 42 heavy (non-hydrogen) atoms. The van der Waals surface area contributed by atoms with E-state index in [2.05, 4.69) is 115 Å². The van der Waals surface area contributed by atoms with Gasteiger partial charge >= 0.3 is 0 Å². The van der Waals surface area contributed by atoms with Crippen LogP contribution in [0.3, 0.4) is 0 Å². The van der Waals surface area contributed by atoms with Crippen LogP contribution in [0, 0.1) is 0 Å². The van der Waals surface area contributed by atoms with Crippen molar-refractivity contribution in [1.29, 1.82) is 0 Å². The van der Waals surface area contributed by atoms with Gasteiger partial charge in [0.2, 0.25) is 0 Å². The van der Waals surface area contributed by atoms with E-state index in [0.717, 1.165) is 12.8 Å². The van der Waals surface area contributed by atoms with Crippen molar-refractivity contribution in [3.05, 3.63) is 66.2 Å². The van der Waals surface area contributed by atoms with Crippen LogP contribution in [0.25, 0.3) is 0 Å². The van der Waals surface area contributed by atoms with Crippen molar-refractivity contribution in [2.45, 2.75) is 154 Å². The Kier molecular flexibility index (Phi) is 14.0. The van der Waals surface area contributed by atoms with E-state index in [1.54, 1.807) is 0 Å². The first kappa shape index (κ1) is 35.2. The van der Waals surface area contributed by atoms with Gasteiger partial charge in [0.05, 0.1) is 39.6 Å². The molecular weight excluding hydrogens is 549 g/mol. The largest absolute Gasteiger partial charge is 0.411 e. The topological polar surface area (TPSA) is 27.7 Å². The second-order valence-corrected chi connectivity index (χ2v) is 24.4. The summed E-state index contributed by atoms with van der Waals surface area (Å²) in [6, 6.07) is 21.8. The van der Waals surface area contributed by atoms with Gasteiger partial charge in [0, 0.05) is 0 Å². The van der Waals surface area contributed by atoms with Crippen molar-refractivity contribution in [2.75, 3.05) is 6.61 Å². The smallest absolute Gasteiger partial charge is 0.192 e. The summed E-state index contributed by atoms with van der Waals surface area (Å²) in [5.41, 5.74) is 1.71. The quantitative estimate of drug-likeness (QED) is 0.124. The highest BCUT2D eigenvalue weighted by Crippen LogP contribution is 2.45. The lowest BCUT2D eigenvalue weighted by Gasteiger charge is -2.43. The second-order valence-electron chi connectivity index (χ2n) is 14.8. The minimum Gasteiger partial charge on any atom is -0.411 e. The molecule has 1 fully saturated rings. The third-order valence-corrected chi connectivity index (χ3v) is 18.8. The van der Waals surface area contributed by atoms with Gasteiger partial charge < -0.3 is 13.9 Å². The normalized spacial score (nSPS) is 20.6. The molecule has 2 aromatic rings. The first-order valence-electron chi connectivity index (χ1n) is 17.0. The summed E-state index contributed by atoms with van der Waals surface area (Å²) < 4.78 is 20.7. The van der Waals surface area contributed by atoms with E-state index >= 15 is 0 Å². The Balaban J connectivity index is 1.78. The van der Waals surface area contributed by atoms with Gasteiger partial charge in [0.25, 0.3) is 0 Å². The van der Waals surface area contributed by atoms with Crippen LogP contribution >= 0.6 is 0 Å². The fourth-order valence-electron chi connectivity index (χ4n) is 6.24. The van der Waals surface area contributed by atoms with Crippen LogP contribution in [0.1, 0.15) is 97.5 Å². The van der Waals surface area contributed by atoms with E-state index in [-0.39, 0.29) is 23.4 Å². The summed E-state index contributed by atoms with van der Waals surface area (Å²) in [5, 5.41) is 1.69. The maximum absolute atomic E-state index is 7.32. The van der Waals surface area contributed by atoms with Crippen molar-refractivity contribution in [3.8, 4) is 0 Å². The third kappa shape index (κ3) is 10.4. The van der Waals surface area contributed by atoms with Crippen LogP contribution in [0.5, 0.6) is 0 Å². The summed E-state index contributed by atoms with van der Waals surface area (Å²) >= 11 is 0. The Morgan fingerprint density at radius 2 is 1.38 bits per heavy atom. The molecule has 236 valence electrons. The summed E-state index contributed by atoms with van der Waals surface area (Å²) in [6.45, 7) is 20.6. The number of benzene rings is 2. The fraction of sp³-hybridized carbons (Fsp3) is 0.676. The van der Waals surface area contributed by atoms with Crippen LogP contribution in [0.4, 0.5) is 0 Å². The molecule has 0 aromatic heterocycles. The van der Waals surface area contributed by atoms with Gasteiger partial charge in [0.1, 0.15) is 0 Å². The highest BCUT2D eigenvalue weighted by Gasteiger charge is 2.51. The standard InChI is InChI=1S/C37H62O3Si2/c1-9-10-11-12-13-14-15-22-27-34(40-42(7,8)37(2,3)4)36-35(41(5,6)33-25-20-17-21-26-33)28-32(39-36)30-38-29-31-23-18-16-19-24-31/h16-21,23-26,32,34-36H,9-15,22,27-30H2,1-8H3/t32-,34+,35-,36+/m0/s1. The number of rotatable bonds is 18. The van der Waals surface area contributed by atoms with E-state index < -0.39 is 16.4 Å². The molecule has 3 rings (SSSR count). The molecular formula is C37H62O3Si2. The Bertz CT molecular complexity index is 1000. The summed E-state index contributed by atoms with van der Waals surface area (Å²) in [4.78, 5) is 0. The minimum absolute atomic E-state index is 0.114. The fourth-order valence-corrected chi connectivity index (χ4v) is 11.0. The summed E-state index contributed by atoms with van der Waals surface area (Å²) in [7, 11) is -3.84. The van der Waals surface area contributed by atoms with E-state index in [0.29, 0.717) is 18.8 Å². The molecule has 3 nitrogen and oxygen atoms in total. The molecule has 0 aliphatic carbocycles. The predicted octanol–water partition coefficient (Wildman–Crippen LogP) is 10.3. The van der Waals surface area contributed by atoms with Gasteiger partial charge in [-0.3, -0.25) is 0 Å². The summed E-state index contributed by atoms with van der Waals surface area (Å²) in [5.74, 6) is 0. The lowest BCUT2D eigenvalue weighted by molar-refractivity contribution is -0.0614. The van der Waals surface area contributed by atoms with Crippen molar-refractivity contribution in [3.63, 3.8) is 0 Å². The molecule has 0 radical (unpaired) electrons. The second kappa shape index (κ2) is 16.7. The molecule has 1 heterocycles. The number of hydrogen-bond donors (Lipinski definition) is 0. The zero-order valence-corrected chi connectivity index (χ0v) is 30.3. The number of unbranched alkanes of at least 4 members (excludes halogenated alkanes) is 7. The zero-order valence-electron chi connectivity index (χ0n) is 28.3. The average molecular weight is 611 g/mol. The van der Waals surface area contributed by atoms with Gasteiger partial charge in [0.15, 0.2) is 8.32 Å². The monoisotopic (exact) mass is 610 g/mol. The number of ether oxygens (including phenoxy) is 2. The molecule has 0 amide bonds. The molecule has 4 atom stereocenters. The molecule has 5 heteroatoms. The maximum Gasteiger partial charge on any atom is 0.192 e. The van der Waals surface area contributed by atoms with Crippen LogP contribution in [-0.2, 0) is 20.5 Å². The maximum atomic E-state index is 7.32. The van der Waals surface area contributed by atoms with Crippen molar-refractivity contribution in [2.24, 2.45) is 0 Å².